The summed E-state index contributed by atoms with van der Waals surface area (Å²) in [7, 11) is 1.47. The van der Waals surface area contributed by atoms with Crippen molar-refractivity contribution in [3.8, 4) is 0 Å². The molecule has 0 rings (SSSR count). The van der Waals surface area contributed by atoms with Crippen LogP contribution < -0.4 is 0 Å². The second-order valence-electron chi connectivity index (χ2n) is 3.23. The average molecular weight is 172 g/mol. The maximum atomic E-state index is 11.5. The van der Waals surface area contributed by atoms with Crippen molar-refractivity contribution < 1.29 is 9.53 Å². The van der Waals surface area contributed by atoms with Crippen molar-refractivity contribution in [2.45, 2.75) is 46.5 Å². The Morgan fingerprint density at radius 3 is 2.00 bits per heavy atom. The maximum Gasteiger partial charge on any atom is 0.311 e. The summed E-state index contributed by atoms with van der Waals surface area (Å²) in [5, 5.41) is 0. The van der Waals surface area contributed by atoms with Crippen LogP contribution in [-0.4, -0.2) is 13.1 Å². The molecule has 2 nitrogen and oxygen atoms in total. The van der Waals surface area contributed by atoms with Crippen molar-refractivity contribution in [1.82, 2.24) is 0 Å². The molecule has 0 aliphatic carbocycles. The Bertz CT molecular complexity index is 137. The summed E-state index contributed by atoms with van der Waals surface area (Å²) in [6.07, 6.45) is 3.73. The Kier molecular flexibility index (Phi) is 4.95. The zero-order valence-corrected chi connectivity index (χ0v) is 8.64. The van der Waals surface area contributed by atoms with E-state index in [1.165, 1.54) is 7.11 Å². The lowest BCUT2D eigenvalue weighted by Gasteiger charge is -2.27. The van der Waals surface area contributed by atoms with Gasteiger partial charge in [0.25, 0.3) is 0 Å². The van der Waals surface area contributed by atoms with Crippen LogP contribution in [0, 0.1) is 5.41 Å². The van der Waals surface area contributed by atoms with Gasteiger partial charge in [0.15, 0.2) is 0 Å². The van der Waals surface area contributed by atoms with Crippen LogP contribution in [0.4, 0.5) is 0 Å². The van der Waals surface area contributed by atoms with Gasteiger partial charge < -0.3 is 4.74 Å². The van der Waals surface area contributed by atoms with Gasteiger partial charge in [0, 0.05) is 0 Å². The fourth-order valence-corrected chi connectivity index (χ4v) is 1.69. The Balaban J connectivity index is 4.44. The monoisotopic (exact) mass is 172 g/mol. The lowest BCUT2D eigenvalue weighted by atomic mass is 9.78. The van der Waals surface area contributed by atoms with E-state index in [0.717, 1.165) is 25.7 Å². The van der Waals surface area contributed by atoms with Crippen LogP contribution in [0.15, 0.2) is 0 Å². The minimum atomic E-state index is -0.219. The first-order valence-corrected chi connectivity index (χ1v) is 4.75. The molecule has 0 radical (unpaired) electrons. The van der Waals surface area contributed by atoms with Crippen molar-refractivity contribution in [3.63, 3.8) is 0 Å². The number of rotatable bonds is 5. The van der Waals surface area contributed by atoms with Crippen molar-refractivity contribution in [1.29, 1.82) is 0 Å². The summed E-state index contributed by atoms with van der Waals surface area (Å²) in [6, 6.07) is 0. The van der Waals surface area contributed by atoms with E-state index in [0.29, 0.717) is 0 Å². The molecule has 0 aliphatic heterocycles. The molecule has 0 aliphatic rings. The summed E-state index contributed by atoms with van der Waals surface area (Å²) in [5.41, 5.74) is -0.219. The third kappa shape index (κ3) is 2.23. The largest absolute Gasteiger partial charge is 0.469 e. The summed E-state index contributed by atoms with van der Waals surface area (Å²) < 4.78 is 4.81. The van der Waals surface area contributed by atoms with E-state index >= 15 is 0 Å². The number of carbonyl (C=O) groups is 1. The van der Waals surface area contributed by atoms with Gasteiger partial charge >= 0.3 is 5.97 Å². The summed E-state index contributed by atoms with van der Waals surface area (Å²) >= 11 is 0. The normalized spacial score (nSPS) is 11.3. The zero-order chi connectivity index (χ0) is 9.61. The smallest absolute Gasteiger partial charge is 0.311 e. The van der Waals surface area contributed by atoms with Crippen LogP contribution in [0.2, 0.25) is 0 Å². The number of ether oxygens (including phenoxy) is 1. The fraction of sp³-hybridized carbons (Fsp3) is 0.900. The molecule has 0 aromatic carbocycles. The van der Waals surface area contributed by atoms with E-state index < -0.39 is 0 Å². The summed E-state index contributed by atoms with van der Waals surface area (Å²) in [5.74, 6) is -0.0469. The lowest BCUT2D eigenvalue weighted by molar-refractivity contribution is -0.153. The molecule has 0 aromatic rings. The van der Waals surface area contributed by atoms with Gasteiger partial charge in [0.05, 0.1) is 12.5 Å². The van der Waals surface area contributed by atoms with Crippen LogP contribution in [0.5, 0.6) is 0 Å². The molecular formula is C10H20O2. The standard InChI is InChI=1S/C10H20O2/c1-5-8-10(6-2,7-3)9(11)12-4/h5-8H2,1-4H3. The molecular weight excluding hydrogens is 152 g/mol. The van der Waals surface area contributed by atoms with Crippen molar-refractivity contribution >= 4 is 5.97 Å². The van der Waals surface area contributed by atoms with Crippen molar-refractivity contribution in [2.24, 2.45) is 5.41 Å². The predicted octanol–water partition coefficient (Wildman–Crippen LogP) is 2.77. The molecule has 0 bridgehead atoms. The Hall–Kier alpha value is -0.530. The Morgan fingerprint density at radius 2 is 1.75 bits per heavy atom. The molecule has 0 atom stereocenters. The molecule has 0 fully saturated rings. The first-order chi connectivity index (χ1) is 5.66. The van der Waals surface area contributed by atoms with Gasteiger partial charge in [-0.05, 0) is 19.3 Å². The number of hydrogen-bond donors (Lipinski definition) is 0. The highest BCUT2D eigenvalue weighted by Crippen LogP contribution is 2.33. The van der Waals surface area contributed by atoms with E-state index in [1.54, 1.807) is 0 Å². The molecule has 0 heterocycles. The first-order valence-electron chi connectivity index (χ1n) is 4.75. The quantitative estimate of drug-likeness (QED) is 0.596. The zero-order valence-electron chi connectivity index (χ0n) is 8.64. The van der Waals surface area contributed by atoms with Gasteiger partial charge in [0.2, 0.25) is 0 Å². The molecule has 0 saturated heterocycles. The molecule has 72 valence electrons. The number of carbonyl (C=O) groups excluding carboxylic acids is 1. The van der Waals surface area contributed by atoms with Crippen LogP contribution in [-0.2, 0) is 9.53 Å². The van der Waals surface area contributed by atoms with Crippen LogP contribution >= 0.6 is 0 Å². The van der Waals surface area contributed by atoms with E-state index in [4.69, 9.17) is 4.74 Å². The van der Waals surface area contributed by atoms with E-state index in [2.05, 4.69) is 20.8 Å². The third-order valence-electron chi connectivity index (χ3n) is 2.70. The molecule has 2 heteroatoms. The van der Waals surface area contributed by atoms with Gasteiger partial charge in [-0.25, -0.2) is 0 Å². The third-order valence-corrected chi connectivity index (χ3v) is 2.70. The number of methoxy groups -OCH3 is 1. The summed E-state index contributed by atoms with van der Waals surface area (Å²) in [6.45, 7) is 6.20. The molecule has 0 unspecified atom stereocenters. The first kappa shape index (κ1) is 11.5. The highest BCUT2D eigenvalue weighted by molar-refractivity contribution is 5.76. The van der Waals surface area contributed by atoms with Crippen LogP contribution in [0.1, 0.15) is 46.5 Å². The molecule has 0 saturated carbocycles. The predicted molar refractivity (Wildman–Crippen MR) is 49.9 cm³/mol. The minimum Gasteiger partial charge on any atom is -0.469 e. The molecule has 0 aromatic heterocycles. The second-order valence-corrected chi connectivity index (χ2v) is 3.23. The highest BCUT2D eigenvalue weighted by atomic mass is 16.5. The summed E-state index contributed by atoms with van der Waals surface area (Å²) in [4.78, 5) is 11.5. The lowest BCUT2D eigenvalue weighted by Crippen LogP contribution is -2.30. The van der Waals surface area contributed by atoms with E-state index in [-0.39, 0.29) is 11.4 Å². The SMILES string of the molecule is CCCC(CC)(CC)C(=O)OC. The van der Waals surface area contributed by atoms with Crippen LogP contribution in [0.25, 0.3) is 0 Å². The van der Waals surface area contributed by atoms with Crippen LogP contribution in [0.3, 0.4) is 0 Å². The topological polar surface area (TPSA) is 26.3 Å². The average Bonchev–Trinajstić information content (AvgIpc) is 2.13. The molecule has 0 N–H and O–H groups in total. The highest BCUT2D eigenvalue weighted by Gasteiger charge is 2.34. The Labute approximate surface area is 75.3 Å². The molecule has 0 amide bonds. The van der Waals surface area contributed by atoms with E-state index in [1.807, 2.05) is 0 Å². The van der Waals surface area contributed by atoms with Gasteiger partial charge in [-0.2, -0.15) is 0 Å². The van der Waals surface area contributed by atoms with Crippen molar-refractivity contribution in [3.05, 3.63) is 0 Å². The van der Waals surface area contributed by atoms with Crippen molar-refractivity contribution in [2.75, 3.05) is 7.11 Å². The van der Waals surface area contributed by atoms with Gasteiger partial charge in [-0.1, -0.05) is 27.2 Å². The maximum absolute atomic E-state index is 11.5. The number of esters is 1. The van der Waals surface area contributed by atoms with Gasteiger partial charge in [-0.15, -0.1) is 0 Å². The van der Waals surface area contributed by atoms with Gasteiger partial charge in [-0.3, -0.25) is 4.79 Å². The molecule has 0 spiro atoms. The fourth-order valence-electron chi connectivity index (χ4n) is 1.69. The minimum absolute atomic E-state index is 0.0469. The molecule has 12 heavy (non-hydrogen) atoms. The number of hydrogen-bond acceptors (Lipinski definition) is 2. The second kappa shape index (κ2) is 5.18. The van der Waals surface area contributed by atoms with E-state index in [9.17, 15) is 4.79 Å². The van der Waals surface area contributed by atoms with Gasteiger partial charge in [0.1, 0.15) is 0 Å². The Morgan fingerprint density at radius 1 is 1.25 bits per heavy atom.